The molecule has 1 aliphatic heterocycles. The predicted octanol–water partition coefficient (Wildman–Crippen LogP) is 5.47. The van der Waals surface area contributed by atoms with Crippen molar-refractivity contribution in [1.29, 1.82) is 0 Å². The summed E-state index contributed by atoms with van der Waals surface area (Å²) in [5.41, 5.74) is 3.29. The van der Waals surface area contributed by atoms with Crippen molar-refractivity contribution in [3.63, 3.8) is 0 Å². The van der Waals surface area contributed by atoms with E-state index < -0.39 is 0 Å². The Bertz CT molecular complexity index is 1320. The number of nitrogens with zero attached hydrogens (tertiary/aromatic N) is 2. The van der Waals surface area contributed by atoms with E-state index in [0.29, 0.717) is 37.9 Å². The number of benzene rings is 2. The van der Waals surface area contributed by atoms with Crippen molar-refractivity contribution in [2.75, 3.05) is 26.2 Å². The van der Waals surface area contributed by atoms with Gasteiger partial charge in [-0.1, -0.05) is 49.2 Å². The Hall–Kier alpha value is -3.84. The van der Waals surface area contributed by atoms with Gasteiger partial charge < -0.3 is 19.8 Å². The lowest BCUT2D eigenvalue weighted by Gasteiger charge is -2.23. The zero-order valence-electron chi connectivity index (χ0n) is 21.1. The van der Waals surface area contributed by atoms with E-state index in [-0.39, 0.29) is 5.91 Å². The summed E-state index contributed by atoms with van der Waals surface area (Å²) in [4.78, 5) is 22.9. The van der Waals surface area contributed by atoms with E-state index in [1.807, 2.05) is 54.7 Å². The number of nitrogens with one attached hydrogen (secondary N) is 2. The van der Waals surface area contributed by atoms with Gasteiger partial charge in [-0.25, -0.2) is 4.98 Å². The number of ether oxygens (including phenoxy) is 2. The molecule has 5 rings (SSSR count). The topological polar surface area (TPSA) is 79.5 Å². The second-order valence-corrected chi connectivity index (χ2v) is 9.45. The van der Waals surface area contributed by atoms with Gasteiger partial charge in [0.25, 0.3) is 0 Å². The molecule has 0 atom stereocenters. The molecule has 0 radical (unpaired) electrons. The first-order chi connectivity index (χ1) is 18.3. The minimum Gasteiger partial charge on any atom is -0.490 e. The summed E-state index contributed by atoms with van der Waals surface area (Å²) in [6.45, 7) is 3.01. The Morgan fingerprint density at radius 3 is 2.76 bits per heavy atom. The molecule has 1 amide bonds. The first-order valence-corrected chi connectivity index (χ1v) is 13.1. The number of pyridine rings is 1. The number of para-hydroxylation sites is 3. The summed E-state index contributed by atoms with van der Waals surface area (Å²) in [7, 11) is 0. The number of carbonyl (C=O) groups is 1. The molecule has 3 heterocycles. The number of hydrogen-bond acceptors (Lipinski definition) is 5. The molecule has 2 aromatic heterocycles. The number of H-pyrrole nitrogens is 1. The third-order valence-corrected chi connectivity index (χ3v) is 6.68. The molecule has 0 spiro atoms. The summed E-state index contributed by atoms with van der Waals surface area (Å²) in [5.74, 6) is 1.95. The fraction of sp³-hybridized carbons (Fsp3) is 0.333. The van der Waals surface area contributed by atoms with Crippen molar-refractivity contribution in [2.24, 2.45) is 0 Å². The zero-order valence-corrected chi connectivity index (χ0v) is 21.1. The molecular weight excluding hydrogens is 464 g/mol. The molecule has 4 aromatic rings. The van der Waals surface area contributed by atoms with E-state index in [4.69, 9.17) is 9.47 Å². The van der Waals surface area contributed by atoms with Crippen molar-refractivity contribution in [3.05, 3.63) is 84.2 Å². The Morgan fingerprint density at radius 1 is 0.973 bits per heavy atom. The van der Waals surface area contributed by atoms with Crippen LogP contribution in [0, 0.1) is 0 Å². The summed E-state index contributed by atoms with van der Waals surface area (Å²) in [6, 6.07) is 19.9. The summed E-state index contributed by atoms with van der Waals surface area (Å²) < 4.78 is 12.2. The van der Waals surface area contributed by atoms with Gasteiger partial charge in [-0.15, -0.1) is 0 Å². The van der Waals surface area contributed by atoms with Crippen molar-refractivity contribution in [2.45, 2.75) is 38.6 Å². The fourth-order valence-electron chi connectivity index (χ4n) is 4.76. The van der Waals surface area contributed by atoms with Gasteiger partial charge in [-0.2, -0.15) is 0 Å². The number of amides is 1. The lowest BCUT2D eigenvalue weighted by molar-refractivity contribution is -0.122. The maximum atomic E-state index is 12.9. The van der Waals surface area contributed by atoms with Crippen LogP contribution in [0.4, 0.5) is 0 Å². The minimum atomic E-state index is 0.0334. The molecule has 1 aliphatic rings. The van der Waals surface area contributed by atoms with E-state index in [1.54, 1.807) is 6.20 Å². The quantitative estimate of drug-likeness (QED) is 0.382. The number of rotatable bonds is 5. The first-order valence-electron chi connectivity index (χ1n) is 13.1. The van der Waals surface area contributed by atoms with Crippen LogP contribution in [0.15, 0.2) is 73.1 Å². The monoisotopic (exact) mass is 498 g/mol. The van der Waals surface area contributed by atoms with Gasteiger partial charge in [0.05, 0.1) is 13.2 Å². The van der Waals surface area contributed by atoms with Gasteiger partial charge in [0.1, 0.15) is 0 Å². The van der Waals surface area contributed by atoms with Crippen LogP contribution >= 0.6 is 0 Å². The highest BCUT2D eigenvalue weighted by Crippen LogP contribution is 2.32. The van der Waals surface area contributed by atoms with Crippen molar-refractivity contribution in [3.8, 4) is 17.4 Å². The second kappa shape index (κ2) is 12.4. The van der Waals surface area contributed by atoms with Gasteiger partial charge in [0, 0.05) is 41.9 Å². The first kappa shape index (κ1) is 24.8. The predicted molar refractivity (Wildman–Crippen MR) is 145 cm³/mol. The average Bonchev–Trinajstić information content (AvgIpc) is 3.33. The van der Waals surface area contributed by atoms with Crippen molar-refractivity contribution >= 4 is 16.8 Å². The van der Waals surface area contributed by atoms with Crippen LogP contribution in [0.2, 0.25) is 0 Å². The normalized spacial score (nSPS) is 15.0. The highest BCUT2D eigenvalue weighted by molar-refractivity contribution is 5.83. The number of fused-ring (bicyclic) bond motifs is 3. The molecule has 2 aromatic carbocycles. The molecule has 0 unspecified atom stereocenters. The van der Waals surface area contributed by atoms with E-state index >= 15 is 0 Å². The fourth-order valence-corrected chi connectivity index (χ4v) is 4.76. The second-order valence-electron chi connectivity index (χ2n) is 9.45. The third kappa shape index (κ3) is 6.68. The van der Waals surface area contributed by atoms with Gasteiger partial charge in [0.15, 0.2) is 11.5 Å². The van der Waals surface area contributed by atoms with E-state index in [1.165, 1.54) is 10.9 Å². The molecule has 0 aliphatic carbocycles. The number of aromatic amines is 1. The SMILES string of the molecule is O=C(CN1CCCCCCOc2ccccc2Oc2ncccc2C1)NCCc1c[nH]c2ccccc12. The van der Waals surface area contributed by atoms with Gasteiger partial charge in [-0.05, 0) is 55.6 Å². The van der Waals surface area contributed by atoms with Crippen LogP contribution < -0.4 is 14.8 Å². The van der Waals surface area contributed by atoms with Crippen LogP contribution in [0.1, 0.15) is 36.8 Å². The maximum Gasteiger partial charge on any atom is 0.234 e. The van der Waals surface area contributed by atoms with Gasteiger partial charge >= 0.3 is 0 Å². The lowest BCUT2D eigenvalue weighted by atomic mass is 10.1. The number of carbonyl (C=O) groups excluding carboxylic acids is 1. The largest absolute Gasteiger partial charge is 0.490 e. The minimum absolute atomic E-state index is 0.0334. The van der Waals surface area contributed by atoms with Crippen LogP contribution in [0.25, 0.3) is 10.9 Å². The molecule has 7 nitrogen and oxygen atoms in total. The standard InChI is InChI=1S/C30H34N4O3/c35-29(31-17-15-23-20-33-26-12-4-3-11-25(23)26)22-34-18-7-1-2-8-19-36-27-13-5-6-14-28(27)37-30-24(21-34)10-9-16-32-30/h3-6,9-14,16,20,33H,1-2,7-8,15,17-19,21-22H2,(H,31,35). The van der Waals surface area contributed by atoms with Gasteiger partial charge in [-0.3, -0.25) is 9.69 Å². The Kier molecular flexibility index (Phi) is 8.33. The van der Waals surface area contributed by atoms with Crippen LogP contribution in [-0.2, 0) is 17.8 Å². The number of aromatic nitrogens is 2. The van der Waals surface area contributed by atoms with Crippen LogP contribution in [-0.4, -0.2) is 47.0 Å². The molecule has 2 N–H and O–H groups in total. The van der Waals surface area contributed by atoms with E-state index in [0.717, 1.165) is 55.5 Å². The molecule has 7 heteroatoms. The molecule has 192 valence electrons. The van der Waals surface area contributed by atoms with Crippen molar-refractivity contribution < 1.29 is 14.3 Å². The van der Waals surface area contributed by atoms with E-state index in [2.05, 4.69) is 32.3 Å². The zero-order chi connectivity index (χ0) is 25.3. The maximum absolute atomic E-state index is 12.9. The van der Waals surface area contributed by atoms with Crippen LogP contribution in [0.5, 0.6) is 17.4 Å². The summed E-state index contributed by atoms with van der Waals surface area (Å²) >= 11 is 0. The highest BCUT2D eigenvalue weighted by atomic mass is 16.5. The summed E-state index contributed by atoms with van der Waals surface area (Å²) in [6.07, 6.45) is 8.75. The Labute approximate surface area is 217 Å². The van der Waals surface area contributed by atoms with Crippen LogP contribution in [0.3, 0.4) is 0 Å². The molecule has 0 fully saturated rings. The van der Waals surface area contributed by atoms with Gasteiger partial charge in [0.2, 0.25) is 11.8 Å². The molecule has 0 bridgehead atoms. The summed E-state index contributed by atoms with van der Waals surface area (Å²) in [5, 5.41) is 4.33. The third-order valence-electron chi connectivity index (χ3n) is 6.68. The average molecular weight is 499 g/mol. The molecule has 37 heavy (non-hydrogen) atoms. The lowest BCUT2D eigenvalue weighted by Crippen LogP contribution is -2.38. The Morgan fingerprint density at radius 2 is 1.81 bits per heavy atom. The Balaban J connectivity index is 1.24. The van der Waals surface area contributed by atoms with E-state index in [9.17, 15) is 4.79 Å². The van der Waals surface area contributed by atoms with Crippen molar-refractivity contribution in [1.82, 2.24) is 20.2 Å². The molecular formula is C30H34N4O3. The highest BCUT2D eigenvalue weighted by Gasteiger charge is 2.17. The smallest absolute Gasteiger partial charge is 0.234 e. The number of hydrogen-bond donors (Lipinski definition) is 2. The molecule has 0 saturated heterocycles. The molecule has 0 saturated carbocycles.